The molecule has 0 aliphatic carbocycles. The summed E-state index contributed by atoms with van der Waals surface area (Å²) < 4.78 is 40.1. The quantitative estimate of drug-likeness (QED) is 0.737. The predicted octanol–water partition coefficient (Wildman–Crippen LogP) is 1.51. The maximum atomic E-state index is 12.8. The molecule has 0 heterocycles. The number of nitrogens with two attached hydrogens (primary N) is 1. The first kappa shape index (κ1) is 19.5. The number of carbonyl (C=O) groups is 2. The van der Waals surface area contributed by atoms with Crippen molar-refractivity contribution in [3.63, 3.8) is 0 Å². The summed E-state index contributed by atoms with van der Waals surface area (Å²) in [6, 6.07) is 10.0. The van der Waals surface area contributed by atoms with Crippen LogP contribution in [-0.4, -0.2) is 26.9 Å². The van der Waals surface area contributed by atoms with Gasteiger partial charge in [0, 0.05) is 0 Å². The third-order valence-corrected chi connectivity index (χ3v) is 4.43. The van der Waals surface area contributed by atoms with Gasteiger partial charge in [0.25, 0.3) is 5.91 Å². The summed E-state index contributed by atoms with van der Waals surface area (Å²) in [5, 5.41) is 7.63. The smallest absolute Gasteiger partial charge is 0.338 e. The molecule has 0 fully saturated rings. The van der Waals surface area contributed by atoms with Gasteiger partial charge in [-0.1, -0.05) is 12.1 Å². The number of amides is 1. The number of esters is 1. The zero-order valence-electron chi connectivity index (χ0n) is 13.8. The fourth-order valence-corrected chi connectivity index (χ4v) is 2.63. The van der Waals surface area contributed by atoms with Crippen LogP contribution in [0.5, 0.6) is 0 Å². The lowest BCUT2D eigenvalue weighted by Gasteiger charge is -2.14. The van der Waals surface area contributed by atoms with Crippen LogP contribution in [-0.2, 0) is 19.6 Å². The van der Waals surface area contributed by atoms with Crippen molar-refractivity contribution in [3.8, 4) is 0 Å². The van der Waals surface area contributed by atoms with Crippen LogP contribution in [0.4, 0.5) is 4.39 Å². The number of carbonyl (C=O) groups excluding carboxylic acids is 2. The summed E-state index contributed by atoms with van der Waals surface area (Å²) in [4.78, 5) is 23.6. The van der Waals surface area contributed by atoms with Crippen molar-refractivity contribution in [2.24, 2.45) is 5.14 Å². The SMILES string of the molecule is C[C@@H](NC(=O)COC(=O)c1ccc(F)cc1)c1ccc(S(N)(=O)=O)cc1. The first-order chi connectivity index (χ1) is 12.2. The highest BCUT2D eigenvalue weighted by Crippen LogP contribution is 2.15. The van der Waals surface area contributed by atoms with E-state index in [1.807, 2.05) is 0 Å². The van der Waals surface area contributed by atoms with Crippen molar-refractivity contribution in [2.45, 2.75) is 17.9 Å². The van der Waals surface area contributed by atoms with Crippen LogP contribution in [0.1, 0.15) is 28.9 Å². The van der Waals surface area contributed by atoms with Gasteiger partial charge in [-0.25, -0.2) is 22.7 Å². The molecule has 2 aromatic carbocycles. The Labute approximate surface area is 150 Å². The van der Waals surface area contributed by atoms with Gasteiger partial charge in [0.15, 0.2) is 6.61 Å². The minimum Gasteiger partial charge on any atom is -0.452 e. The maximum Gasteiger partial charge on any atom is 0.338 e. The lowest BCUT2D eigenvalue weighted by atomic mass is 10.1. The normalized spacial score (nSPS) is 12.3. The molecule has 9 heteroatoms. The van der Waals surface area contributed by atoms with Gasteiger partial charge in [-0.3, -0.25) is 4.79 Å². The second-order valence-corrected chi connectivity index (χ2v) is 7.05. The van der Waals surface area contributed by atoms with Crippen LogP contribution in [0.15, 0.2) is 53.4 Å². The monoisotopic (exact) mass is 380 g/mol. The number of sulfonamides is 1. The molecule has 26 heavy (non-hydrogen) atoms. The van der Waals surface area contributed by atoms with Crippen LogP contribution in [0.2, 0.25) is 0 Å². The summed E-state index contributed by atoms with van der Waals surface area (Å²) in [5.41, 5.74) is 0.779. The Hall–Kier alpha value is -2.78. The first-order valence-corrected chi connectivity index (χ1v) is 9.06. The zero-order chi connectivity index (χ0) is 19.3. The second kappa shape index (κ2) is 8.07. The fourth-order valence-electron chi connectivity index (χ4n) is 2.11. The molecular weight excluding hydrogens is 363 g/mol. The number of halogens is 1. The van der Waals surface area contributed by atoms with Gasteiger partial charge in [-0.2, -0.15) is 0 Å². The van der Waals surface area contributed by atoms with Crippen molar-refractivity contribution < 1.29 is 27.1 Å². The van der Waals surface area contributed by atoms with Crippen LogP contribution in [0.3, 0.4) is 0 Å². The summed E-state index contributed by atoms with van der Waals surface area (Å²) in [5.74, 6) is -1.77. The molecule has 7 nitrogen and oxygen atoms in total. The van der Waals surface area contributed by atoms with E-state index in [1.165, 1.54) is 36.4 Å². The van der Waals surface area contributed by atoms with Crippen molar-refractivity contribution in [2.75, 3.05) is 6.61 Å². The highest BCUT2D eigenvalue weighted by Gasteiger charge is 2.14. The van der Waals surface area contributed by atoms with E-state index in [1.54, 1.807) is 6.92 Å². The molecule has 2 rings (SSSR count). The average Bonchev–Trinajstić information content (AvgIpc) is 2.59. The Morgan fingerprint density at radius 1 is 1.12 bits per heavy atom. The zero-order valence-corrected chi connectivity index (χ0v) is 14.6. The molecule has 138 valence electrons. The van der Waals surface area contributed by atoms with Crippen molar-refractivity contribution >= 4 is 21.9 Å². The highest BCUT2D eigenvalue weighted by atomic mass is 32.2. The molecule has 2 aromatic rings. The second-order valence-electron chi connectivity index (χ2n) is 5.49. The van der Waals surface area contributed by atoms with E-state index in [-0.39, 0.29) is 10.5 Å². The Morgan fingerprint density at radius 2 is 1.69 bits per heavy atom. The average molecular weight is 380 g/mol. The van der Waals surface area contributed by atoms with Gasteiger partial charge in [0.2, 0.25) is 10.0 Å². The molecule has 0 saturated carbocycles. The van der Waals surface area contributed by atoms with E-state index in [4.69, 9.17) is 9.88 Å². The van der Waals surface area contributed by atoms with Gasteiger partial charge in [-0.05, 0) is 48.9 Å². The van der Waals surface area contributed by atoms with E-state index >= 15 is 0 Å². The topological polar surface area (TPSA) is 116 Å². The molecule has 0 aliphatic heterocycles. The number of benzene rings is 2. The molecule has 1 amide bonds. The van der Waals surface area contributed by atoms with Gasteiger partial charge in [0.05, 0.1) is 16.5 Å². The van der Waals surface area contributed by atoms with Crippen LogP contribution < -0.4 is 10.5 Å². The number of hydrogen-bond donors (Lipinski definition) is 2. The van der Waals surface area contributed by atoms with Crippen molar-refractivity contribution in [3.05, 3.63) is 65.5 Å². The Balaban J connectivity index is 1.88. The van der Waals surface area contributed by atoms with E-state index in [2.05, 4.69) is 5.32 Å². The third-order valence-electron chi connectivity index (χ3n) is 3.50. The maximum absolute atomic E-state index is 12.8. The van der Waals surface area contributed by atoms with E-state index in [0.717, 1.165) is 12.1 Å². The fraction of sp³-hybridized carbons (Fsp3) is 0.176. The molecule has 0 spiro atoms. The molecular formula is C17H17FN2O5S. The van der Waals surface area contributed by atoms with Crippen LogP contribution in [0.25, 0.3) is 0 Å². The van der Waals surface area contributed by atoms with Gasteiger partial charge in [-0.15, -0.1) is 0 Å². The molecule has 0 radical (unpaired) electrons. The minimum atomic E-state index is -3.78. The summed E-state index contributed by atoms with van der Waals surface area (Å²) >= 11 is 0. The summed E-state index contributed by atoms with van der Waals surface area (Å²) in [7, 11) is -3.78. The van der Waals surface area contributed by atoms with Crippen LogP contribution >= 0.6 is 0 Å². The molecule has 0 unspecified atom stereocenters. The van der Waals surface area contributed by atoms with Gasteiger partial charge in [0.1, 0.15) is 5.82 Å². The first-order valence-electron chi connectivity index (χ1n) is 7.51. The summed E-state index contributed by atoms with van der Waals surface area (Å²) in [6.45, 7) is 1.18. The highest BCUT2D eigenvalue weighted by molar-refractivity contribution is 7.89. The Bertz CT molecular complexity index is 896. The molecule has 0 bridgehead atoms. The Morgan fingerprint density at radius 3 is 2.23 bits per heavy atom. The molecule has 0 aliphatic rings. The van der Waals surface area contributed by atoms with E-state index in [0.29, 0.717) is 5.56 Å². The van der Waals surface area contributed by atoms with Crippen LogP contribution in [0, 0.1) is 5.82 Å². The standard InChI is InChI=1S/C17H17FN2O5S/c1-11(12-4-8-15(9-5-12)26(19,23)24)20-16(21)10-25-17(22)13-2-6-14(18)7-3-13/h2-9,11H,10H2,1H3,(H,20,21)(H2,19,23,24)/t11-/m1/s1. The molecule has 3 N–H and O–H groups in total. The third kappa shape index (κ3) is 5.36. The van der Waals surface area contributed by atoms with E-state index < -0.39 is 40.4 Å². The molecule has 0 aromatic heterocycles. The van der Waals surface area contributed by atoms with Crippen molar-refractivity contribution in [1.29, 1.82) is 0 Å². The predicted molar refractivity (Wildman–Crippen MR) is 91.1 cm³/mol. The summed E-state index contributed by atoms with van der Waals surface area (Å²) in [6.07, 6.45) is 0. The lowest BCUT2D eigenvalue weighted by Crippen LogP contribution is -2.31. The van der Waals surface area contributed by atoms with Crippen molar-refractivity contribution in [1.82, 2.24) is 5.32 Å². The number of rotatable bonds is 6. The number of ether oxygens (including phenoxy) is 1. The van der Waals surface area contributed by atoms with Gasteiger partial charge >= 0.3 is 5.97 Å². The number of hydrogen-bond acceptors (Lipinski definition) is 5. The number of primary sulfonamides is 1. The van der Waals surface area contributed by atoms with E-state index in [9.17, 15) is 22.4 Å². The largest absolute Gasteiger partial charge is 0.452 e. The van der Waals surface area contributed by atoms with Gasteiger partial charge < -0.3 is 10.1 Å². The molecule has 0 saturated heterocycles. The minimum absolute atomic E-state index is 0.0343. The number of nitrogens with one attached hydrogen (secondary N) is 1. The molecule has 1 atom stereocenters. The Kier molecular flexibility index (Phi) is 6.06. The lowest BCUT2D eigenvalue weighted by molar-refractivity contribution is -0.124.